The molecule has 0 heterocycles. The number of rotatable bonds is 2. The molecule has 0 spiro atoms. The summed E-state index contributed by atoms with van der Waals surface area (Å²) in [6.07, 6.45) is 8.92. The van der Waals surface area contributed by atoms with Crippen molar-refractivity contribution in [3.8, 4) is 0 Å². The van der Waals surface area contributed by atoms with E-state index in [1.54, 1.807) is 27.0 Å². The van der Waals surface area contributed by atoms with Crippen LogP contribution in [0.5, 0.6) is 0 Å². The third-order valence-corrected chi connectivity index (χ3v) is 1.58. The van der Waals surface area contributed by atoms with Crippen molar-refractivity contribution in [2.24, 2.45) is 11.0 Å². The predicted molar refractivity (Wildman–Crippen MR) is 59.6 cm³/mol. The molecule has 0 aliphatic heterocycles. The number of carbonyl (C=O) groups is 1. The lowest BCUT2D eigenvalue weighted by Crippen LogP contribution is -2.29. The van der Waals surface area contributed by atoms with E-state index in [9.17, 15) is 4.79 Å². The molecule has 0 fully saturated rings. The van der Waals surface area contributed by atoms with E-state index in [0.717, 1.165) is 0 Å². The number of ether oxygens (including phenoxy) is 1. The quantitative estimate of drug-likeness (QED) is 0.559. The van der Waals surface area contributed by atoms with Gasteiger partial charge in [0.25, 0.3) is 0 Å². The maximum Gasteiger partial charge on any atom is 0.428 e. The normalized spacial score (nSPS) is 16.2. The van der Waals surface area contributed by atoms with Gasteiger partial charge in [-0.1, -0.05) is 24.3 Å². The highest BCUT2D eigenvalue weighted by molar-refractivity contribution is 5.72. The Hall–Kier alpha value is -1.58. The van der Waals surface area contributed by atoms with E-state index in [0.29, 0.717) is 0 Å². The summed E-state index contributed by atoms with van der Waals surface area (Å²) in [5.41, 5.74) is 1.81. The number of hydrazone groups is 1. The van der Waals surface area contributed by atoms with E-state index in [1.165, 1.54) is 0 Å². The Morgan fingerprint density at radius 1 is 1.40 bits per heavy atom. The van der Waals surface area contributed by atoms with Gasteiger partial charge in [0, 0.05) is 12.1 Å². The van der Waals surface area contributed by atoms with Crippen LogP contribution < -0.4 is 5.43 Å². The first kappa shape index (κ1) is 11.5. The number of nitrogens with zero attached hydrogens (tertiary/aromatic N) is 1. The molecule has 0 saturated carbocycles. The summed E-state index contributed by atoms with van der Waals surface area (Å²) in [4.78, 5) is 11.1. The first-order valence-electron chi connectivity index (χ1n) is 4.84. The van der Waals surface area contributed by atoms with Crippen LogP contribution in [-0.2, 0) is 4.74 Å². The molecule has 0 aromatic carbocycles. The number of nitrogens with one attached hydrogen (secondary N) is 1. The first-order valence-corrected chi connectivity index (χ1v) is 4.84. The van der Waals surface area contributed by atoms with Crippen LogP contribution in [-0.4, -0.2) is 17.9 Å². The Bertz CT molecular complexity index is 299. The van der Waals surface area contributed by atoms with Crippen LogP contribution in [0.3, 0.4) is 0 Å². The van der Waals surface area contributed by atoms with E-state index < -0.39 is 11.7 Å². The third-order valence-electron chi connectivity index (χ3n) is 1.58. The average molecular weight is 208 g/mol. The minimum Gasteiger partial charge on any atom is -0.443 e. The van der Waals surface area contributed by atoms with Crippen LogP contribution in [0.2, 0.25) is 0 Å². The minimum atomic E-state index is -0.537. The van der Waals surface area contributed by atoms with Gasteiger partial charge in [0.2, 0.25) is 0 Å². The van der Waals surface area contributed by atoms with Crippen LogP contribution in [0.15, 0.2) is 29.4 Å². The largest absolute Gasteiger partial charge is 0.443 e. The maximum atomic E-state index is 11.1. The van der Waals surface area contributed by atoms with Gasteiger partial charge >= 0.3 is 6.09 Å². The zero-order valence-electron chi connectivity index (χ0n) is 9.23. The smallest absolute Gasteiger partial charge is 0.428 e. The van der Waals surface area contributed by atoms with Gasteiger partial charge in [0.1, 0.15) is 5.60 Å². The van der Waals surface area contributed by atoms with Crippen molar-refractivity contribution in [3.05, 3.63) is 24.3 Å². The minimum absolute atomic E-state index is 0.167. The highest BCUT2D eigenvalue weighted by Crippen LogP contribution is 2.07. The van der Waals surface area contributed by atoms with Crippen molar-refractivity contribution in [1.82, 2.24) is 5.43 Å². The molecular formula is C11H16N2O2. The van der Waals surface area contributed by atoms with Crippen molar-refractivity contribution >= 4 is 12.3 Å². The second-order valence-electron chi connectivity index (χ2n) is 4.24. The Kier molecular flexibility index (Phi) is 3.66. The lowest BCUT2D eigenvalue weighted by atomic mass is 10.2. The van der Waals surface area contributed by atoms with Gasteiger partial charge < -0.3 is 4.74 Å². The molecule has 4 nitrogen and oxygen atoms in total. The van der Waals surface area contributed by atoms with Crippen molar-refractivity contribution in [2.75, 3.05) is 0 Å². The van der Waals surface area contributed by atoms with Gasteiger partial charge in [0.05, 0.1) is 0 Å². The lowest BCUT2D eigenvalue weighted by molar-refractivity contribution is 0.0529. The molecule has 0 aromatic rings. The van der Waals surface area contributed by atoms with E-state index in [-0.39, 0.29) is 5.92 Å². The van der Waals surface area contributed by atoms with E-state index in [2.05, 4.69) is 10.5 Å². The zero-order valence-corrected chi connectivity index (χ0v) is 9.23. The van der Waals surface area contributed by atoms with Gasteiger partial charge in [0.15, 0.2) is 0 Å². The highest BCUT2D eigenvalue weighted by Gasteiger charge is 2.15. The van der Waals surface area contributed by atoms with Crippen molar-refractivity contribution < 1.29 is 9.53 Å². The van der Waals surface area contributed by atoms with Gasteiger partial charge in [-0.15, -0.1) is 0 Å². The lowest BCUT2D eigenvalue weighted by Gasteiger charge is -2.18. The highest BCUT2D eigenvalue weighted by atomic mass is 16.6. The van der Waals surface area contributed by atoms with Gasteiger partial charge in [-0.25, -0.2) is 10.2 Å². The maximum absolute atomic E-state index is 11.1. The fourth-order valence-corrected chi connectivity index (χ4v) is 1.03. The van der Waals surface area contributed by atoms with Crippen molar-refractivity contribution in [2.45, 2.75) is 26.4 Å². The molecular weight excluding hydrogens is 192 g/mol. The predicted octanol–water partition coefficient (Wildman–Crippen LogP) is 2.24. The number of hydrogen-bond acceptors (Lipinski definition) is 3. The molecule has 0 radical (unpaired) electrons. The summed E-state index contributed by atoms with van der Waals surface area (Å²) in [5, 5.41) is 3.79. The Balaban J connectivity index is 2.27. The molecule has 15 heavy (non-hydrogen) atoms. The van der Waals surface area contributed by atoms with Crippen LogP contribution in [0.25, 0.3) is 0 Å². The van der Waals surface area contributed by atoms with Crippen LogP contribution in [0.4, 0.5) is 4.79 Å². The molecule has 0 saturated heterocycles. The van der Waals surface area contributed by atoms with Crippen molar-refractivity contribution in [1.29, 1.82) is 0 Å². The number of hydrogen-bond donors (Lipinski definition) is 1. The molecule has 1 aliphatic carbocycles. The van der Waals surface area contributed by atoms with E-state index in [1.807, 2.05) is 24.3 Å². The fourth-order valence-electron chi connectivity index (χ4n) is 1.03. The number of carbonyl (C=O) groups excluding carboxylic acids is 1. The summed E-state index contributed by atoms with van der Waals surface area (Å²) < 4.78 is 5.00. The fraction of sp³-hybridized carbons (Fsp3) is 0.455. The Morgan fingerprint density at radius 3 is 2.53 bits per heavy atom. The summed E-state index contributed by atoms with van der Waals surface area (Å²) in [6, 6.07) is 0. The second-order valence-corrected chi connectivity index (χ2v) is 4.24. The summed E-state index contributed by atoms with van der Waals surface area (Å²) in [6.45, 7) is 5.41. The number of amides is 1. The van der Waals surface area contributed by atoms with Gasteiger partial charge in [-0.05, 0) is 20.8 Å². The van der Waals surface area contributed by atoms with Crippen LogP contribution >= 0.6 is 0 Å². The van der Waals surface area contributed by atoms with E-state index in [4.69, 9.17) is 4.74 Å². The molecule has 0 aromatic heterocycles. The molecule has 1 N–H and O–H groups in total. The third kappa shape index (κ3) is 5.00. The summed E-state index contributed by atoms with van der Waals surface area (Å²) in [5.74, 6) is 0.167. The monoisotopic (exact) mass is 208 g/mol. The van der Waals surface area contributed by atoms with Gasteiger partial charge in [-0.2, -0.15) is 5.10 Å². The van der Waals surface area contributed by atoms with E-state index >= 15 is 0 Å². The second kappa shape index (κ2) is 4.77. The topological polar surface area (TPSA) is 50.7 Å². The molecule has 0 unspecified atom stereocenters. The Labute approximate surface area is 89.7 Å². The molecule has 4 heteroatoms. The molecule has 1 rings (SSSR count). The standard InChI is InChI=1S/C11H16N2O2/c1-11(2,3)15-10(14)13-12-8-9-6-4-5-7-9/h4-9H,1-3H3,(H,13,14). The summed E-state index contributed by atoms with van der Waals surface area (Å²) >= 11 is 0. The molecule has 1 aliphatic rings. The number of allylic oxidation sites excluding steroid dienone is 4. The molecule has 0 atom stereocenters. The van der Waals surface area contributed by atoms with Crippen LogP contribution in [0.1, 0.15) is 20.8 Å². The SMILES string of the molecule is CC(C)(C)OC(=O)NN=CC1C=CC=C1. The average Bonchev–Trinajstić information content (AvgIpc) is 2.53. The summed E-state index contributed by atoms with van der Waals surface area (Å²) in [7, 11) is 0. The van der Waals surface area contributed by atoms with Crippen molar-refractivity contribution in [3.63, 3.8) is 0 Å². The molecule has 0 bridgehead atoms. The van der Waals surface area contributed by atoms with Gasteiger partial charge in [-0.3, -0.25) is 0 Å². The molecule has 82 valence electrons. The first-order chi connectivity index (χ1) is 6.97. The molecule has 1 amide bonds. The van der Waals surface area contributed by atoms with Crippen LogP contribution in [0, 0.1) is 5.92 Å². The Morgan fingerprint density at radius 2 is 2.00 bits per heavy atom. The zero-order chi connectivity index (χ0) is 11.3.